The van der Waals surface area contributed by atoms with Crippen LogP contribution in [0.5, 0.6) is 0 Å². The summed E-state index contributed by atoms with van der Waals surface area (Å²) in [4.78, 5) is 25.6. The van der Waals surface area contributed by atoms with Gasteiger partial charge < -0.3 is 10.2 Å². The monoisotopic (exact) mass is 328 g/mol. The molecule has 0 bridgehead atoms. The minimum Gasteiger partial charge on any atom is -0.339 e. The number of hydrogen-bond acceptors (Lipinski definition) is 3. The molecule has 6 heteroatoms. The molecule has 2 amide bonds. The molecule has 1 N–H and O–H groups in total. The average Bonchev–Trinajstić information content (AvgIpc) is 2.97. The topological polar surface area (TPSA) is 67.2 Å². The average molecular weight is 328 g/mol. The number of benzene rings is 1. The summed E-state index contributed by atoms with van der Waals surface area (Å²) in [7, 11) is 1.86. The minimum absolute atomic E-state index is 0.0233. The van der Waals surface area contributed by atoms with Gasteiger partial charge in [-0.25, -0.2) is 0 Å². The summed E-state index contributed by atoms with van der Waals surface area (Å²) >= 11 is 0. The zero-order chi connectivity index (χ0) is 17.5. The molecule has 2 rings (SSSR count). The molecule has 2 aromatic rings. The van der Waals surface area contributed by atoms with Gasteiger partial charge in [-0.1, -0.05) is 18.2 Å². The maximum atomic E-state index is 12.2. The zero-order valence-corrected chi connectivity index (χ0v) is 14.5. The Hall–Kier alpha value is -2.63. The van der Waals surface area contributed by atoms with Crippen LogP contribution in [0, 0.1) is 0 Å². The first-order valence-corrected chi connectivity index (χ1v) is 8.10. The van der Waals surface area contributed by atoms with Gasteiger partial charge in [0.05, 0.1) is 6.20 Å². The number of aromatic nitrogens is 2. The number of nitrogens with one attached hydrogen (secondary N) is 1. The molecule has 128 valence electrons. The number of hydrogen-bond donors (Lipinski definition) is 1. The van der Waals surface area contributed by atoms with Crippen LogP contribution in [0.2, 0.25) is 0 Å². The summed E-state index contributed by atoms with van der Waals surface area (Å²) in [6.07, 6.45) is 4.72. The molecule has 1 aromatic heterocycles. The SMILES string of the molecule is CCN(Cc1ccccc1NC(=O)CCc1cnn(C)c1)C(C)=O. The van der Waals surface area contributed by atoms with Gasteiger partial charge in [-0.3, -0.25) is 14.3 Å². The highest BCUT2D eigenvalue weighted by Gasteiger charge is 2.12. The minimum atomic E-state index is -0.0443. The lowest BCUT2D eigenvalue weighted by molar-refractivity contribution is -0.129. The fraction of sp³-hybridized carbons (Fsp3) is 0.389. The van der Waals surface area contributed by atoms with E-state index in [9.17, 15) is 9.59 Å². The second-order valence-electron chi connectivity index (χ2n) is 5.76. The van der Waals surface area contributed by atoms with Gasteiger partial charge in [0.25, 0.3) is 0 Å². The molecule has 0 saturated carbocycles. The van der Waals surface area contributed by atoms with Crippen LogP contribution < -0.4 is 5.32 Å². The van der Waals surface area contributed by atoms with Crippen LogP contribution in [0.1, 0.15) is 31.4 Å². The van der Waals surface area contributed by atoms with E-state index in [1.807, 2.05) is 44.4 Å². The first-order chi connectivity index (χ1) is 11.5. The predicted octanol–water partition coefficient (Wildman–Crippen LogP) is 2.36. The van der Waals surface area contributed by atoms with Gasteiger partial charge in [-0.2, -0.15) is 5.10 Å². The fourth-order valence-electron chi connectivity index (χ4n) is 2.50. The Labute approximate surface area is 142 Å². The van der Waals surface area contributed by atoms with E-state index >= 15 is 0 Å². The summed E-state index contributed by atoms with van der Waals surface area (Å²) in [6.45, 7) is 4.62. The molecule has 6 nitrogen and oxygen atoms in total. The number of carbonyl (C=O) groups excluding carboxylic acids is 2. The predicted molar refractivity (Wildman–Crippen MR) is 93.4 cm³/mol. The van der Waals surface area contributed by atoms with E-state index in [4.69, 9.17) is 0 Å². The Morgan fingerprint density at radius 3 is 2.67 bits per heavy atom. The van der Waals surface area contributed by atoms with Crippen LogP contribution in [0.3, 0.4) is 0 Å². The lowest BCUT2D eigenvalue weighted by Gasteiger charge is -2.21. The number of para-hydroxylation sites is 1. The van der Waals surface area contributed by atoms with Crippen LogP contribution in [0.4, 0.5) is 5.69 Å². The van der Waals surface area contributed by atoms with Crippen molar-refractivity contribution in [3.8, 4) is 0 Å². The van der Waals surface area contributed by atoms with Crippen molar-refractivity contribution < 1.29 is 9.59 Å². The number of aryl methyl sites for hydroxylation is 2. The molecular formula is C18H24N4O2. The van der Waals surface area contributed by atoms with E-state index in [1.165, 1.54) is 0 Å². The van der Waals surface area contributed by atoms with E-state index in [-0.39, 0.29) is 11.8 Å². The van der Waals surface area contributed by atoms with Crippen molar-refractivity contribution in [2.75, 3.05) is 11.9 Å². The second kappa shape index (κ2) is 8.29. The molecule has 0 fully saturated rings. The third-order valence-electron chi connectivity index (χ3n) is 3.88. The van der Waals surface area contributed by atoms with Gasteiger partial charge in [0, 0.05) is 45.4 Å². The molecule has 0 spiro atoms. The van der Waals surface area contributed by atoms with Gasteiger partial charge in [0.1, 0.15) is 0 Å². The Bertz CT molecular complexity index is 709. The maximum absolute atomic E-state index is 12.2. The summed E-state index contributed by atoms with van der Waals surface area (Å²) < 4.78 is 1.73. The second-order valence-corrected chi connectivity index (χ2v) is 5.76. The summed E-state index contributed by atoms with van der Waals surface area (Å²) in [5.74, 6) is -0.0209. The van der Waals surface area contributed by atoms with Gasteiger partial charge in [-0.15, -0.1) is 0 Å². The van der Waals surface area contributed by atoms with Crippen molar-refractivity contribution in [3.05, 3.63) is 47.8 Å². The van der Waals surface area contributed by atoms with Crippen LogP contribution in [-0.2, 0) is 29.6 Å². The first kappa shape index (κ1) is 17.7. The quantitative estimate of drug-likeness (QED) is 0.848. The lowest BCUT2D eigenvalue weighted by atomic mass is 10.1. The molecule has 0 aliphatic carbocycles. The third kappa shape index (κ3) is 4.94. The maximum Gasteiger partial charge on any atom is 0.224 e. The number of amides is 2. The van der Waals surface area contributed by atoms with Gasteiger partial charge in [0.2, 0.25) is 11.8 Å². The molecule has 0 aliphatic heterocycles. The van der Waals surface area contributed by atoms with E-state index < -0.39 is 0 Å². The van der Waals surface area contributed by atoms with Gasteiger partial charge >= 0.3 is 0 Å². The smallest absolute Gasteiger partial charge is 0.224 e. The number of anilines is 1. The molecule has 24 heavy (non-hydrogen) atoms. The molecule has 0 atom stereocenters. The molecule has 1 heterocycles. The van der Waals surface area contributed by atoms with Crippen LogP contribution in [0.25, 0.3) is 0 Å². The van der Waals surface area contributed by atoms with Crippen LogP contribution >= 0.6 is 0 Å². The first-order valence-electron chi connectivity index (χ1n) is 8.10. The van der Waals surface area contributed by atoms with Crippen LogP contribution in [-0.4, -0.2) is 33.0 Å². The normalized spacial score (nSPS) is 10.5. The van der Waals surface area contributed by atoms with E-state index in [0.717, 1.165) is 16.8 Å². The van der Waals surface area contributed by atoms with Gasteiger partial charge in [0.15, 0.2) is 0 Å². The van der Waals surface area contributed by atoms with Crippen molar-refractivity contribution in [1.82, 2.24) is 14.7 Å². The Kier molecular flexibility index (Phi) is 6.12. The largest absolute Gasteiger partial charge is 0.339 e. The number of nitrogens with zero attached hydrogens (tertiary/aromatic N) is 3. The summed E-state index contributed by atoms with van der Waals surface area (Å²) in [5.41, 5.74) is 2.73. The highest BCUT2D eigenvalue weighted by Crippen LogP contribution is 2.18. The molecule has 0 radical (unpaired) electrons. The molecule has 0 aliphatic rings. The third-order valence-corrected chi connectivity index (χ3v) is 3.88. The standard InChI is InChI=1S/C18H24N4O2/c1-4-22(14(2)23)13-16-7-5-6-8-17(16)20-18(24)10-9-15-11-19-21(3)12-15/h5-8,11-12H,4,9-10,13H2,1-3H3,(H,20,24). The highest BCUT2D eigenvalue weighted by molar-refractivity contribution is 5.91. The Morgan fingerprint density at radius 1 is 1.29 bits per heavy atom. The summed E-state index contributed by atoms with van der Waals surface area (Å²) in [6, 6.07) is 7.59. The van der Waals surface area contributed by atoms with Gasteiger partial charge in [-0.05, 0) is 30.5 Å². The molecule has 0 unspecified atom stereocenters. The van der Waals surface area contributed by atoms with Crippen molar-refractivity contribution >= 4 is 17.5 Å². The summed E-state index contributed by atoms with van der Waals surface area (Å²) in [5, 5.41) is 7.05. The zero-order valence-electron chi connectivity index (χ0n) is 14.5. The van der Waals surface area contributed by atoms with E-state index in [1.54, 1.807) is 22.7 Å². The molecular weight excluding hydrogens is 304 g/mol. The van der Waals surface area contributed by atoms with Crippen molar-refractivity contribution in [3.63, 3.8) is 0 Å². The van der Waals surface area contributed by atoms with E-state index in [0.29, 0.717) is 25.9 Å². The van der Waals surface area contributed by atoms with Crippen LogP contribution in [0.15, 0.2) is 36.7 Å². The number of rotatable bonds is 7. The fourth-order valence-corrected chi connectivity index (χ4v) is 2.50. The molecule has 1 aromatic carbocycles. The lowest BCUT2D eigenvalue weighted by Crippen LogP contribution is -2.28. The highest BCUT2D eigenvalue weighted by atomic mass is 16.2. The Balaban J connectivity index is 1.98. The number of carbonyl (C=O) groups is 2. The molecule has 0 saturated heterocycles. The van der Waals surface area contributed by atoms with Crippen molar-refractivity contribution in [1.29, 1.82) is 0 Å². The van der Waals surface area contributed by atoms with Crippen molar-refractivity contribution in [2.45, 2.75) is 33.2 Å². The van der Waals surface area contributed by atoms with Crippen molar-refractivity contribution in [2.24, 2.45) is 7.05 Å². The van der Waals surface area contributed by atoms with E-state index in [2.05, 4.69) is 10.4 Å². The Morgan fingerprint density at radius 2 is 2.04 bits per heavy atom.